The van der Waals surface area contributed by atoms with Gasteiger partial charge in [0.15, 0.2) is 0 Å². The molecule has 1 aromatic carbocycles. The molecular weight excluding hydrogens is 262 g/mol. The fourth-order valence-corrected chi connectivity index (χ4v) is 2.68. The number of nitrogen functional groups attached to an aromatic ring is 1. The molecule has 2 aromatic heterocycles. The molecule has 2 heterocycles. The molecule has 0 saturated heterocycles. The van der Waals surface area contributed by atoms with Gasteiger partial charge in [-0.2, -0.15) is 0 Å². The number of benzene rings is 1. The summed E-state index contributed by atoms with van der Waals surface area (Å²) in [5.74, 6) is 1.89. The lowest BCUT2D eigenvalue weighted by Crippen LogP contribution is -2.07. The van der Waals surface area contributed by atoms with Gasteiger partial charge in [-0.05, 0) is 51.1 Å². The summed E-state index contributed by atoms with van der Waals surface area (Å²) < 4.78 is 5.61. The highest BCUT2D eigenvalue weighted by molar-refractivity contribution is 5.92. The van der Waals surface area contributed by atoms with Gasteiger partial charge < -0.3 is 15.5 Å². The van der Waals surface area contributed by atoms with Gasteiger partial charge in [0.05, 0.1) is 11.6 Å². The van der Waals surface area contributed by atoms with Gasteiger partial charge in [-0.25, -0.2) is 0 Å². The molecule has 1 unspecified atom stereocenters. The standard InChI is InChI=1S/C17H19N3O/c1-10-8-15(12(3)21-10)11(2)20-16-6-7-19-17-9-13(18)4-5-14(16)17/h4-9,11H,18H2,1-3H3,(H,19,20). The van der Waals surface area contributed by atoms with Gasteiger partial charge in [0.25, 0.3) is 0 Å². The summed E-state index contributed by atoms with van der Waals surface area (Å²) in [4.78, 5) is 4.37. The molecule has 0 aliphatic heterocycles. The number of nitrogens with one attached hydrogen (secondary N) is 1. The van der Waals surface area contributed by atoms with Gasteiger partial charge in [-0.15, -0.1) is 0 Å². The van der Waals surface area contributed by atoms with Crippen molar-refractivity contribution in [2.45, 2.75) is 26.8 Å². The number of nitrogens with zero attached hydrogens (tertiary/aromatic N) is 1. The van der Waals surface area contributed by atoms with Crippen LogP contribution in [0, 0.1) is 13.8 Å². The molecule has 21 heavy (non-hydrogen) atoms. The van der Waals surface area contributed by atoms with E-state index in [0.29, 0.717) is 0 Å². The van der Waals surface area contributed by atoms with Crippen molar-refractivity contribution in [1.82, 2.24) is 4.98 Å². The van der Waals surface area contributed by atoms with Crippen molar-refractivity contribution in [3.63, 3.8) is 0 Å². The second-order valence-electron chi connectivity index (χ2n) is 5.37. The number of anilines is 2. The normalized spacial score (nSPS) is 12.5. The maximum atomic E-state index is 5.82. The summed E-state index contributed by atoms with van der Waals surface area (Å²) in [5, 5.41) is 4.60. The molecule has 3 rings (SSSR count). The van der Waals surface area contributed by atoms with Crippen LogP contribution in [0.15, 0.2) is 40.9 Å². The summed E-state index contributed by atoms with van der Waals surface area (Å²) in [6, 6.07) is 10.0. The molecule has 1 atom stereocenters. The number of furan rings is 1. The zero-order chi connectivity index (χ0) is 15.0. The van der Waals surface area contributed by atoms with Crippen LogP contribution in [0.5, 0.6) is 0 Å². The number of rotatable bonds is 3. The molecule has 3 aromatic rings. The van der Waals surface area contributed by atoms with Crippen molar-refractivity contribution in [2.75, 3.05) is 11.1 Å². The van der Waals surface area contributed by atoms with E-state index in [-0.39, 0.29) is 6.04 Å². The minimum absolute atomic E-state index is 0.158. The van der Waals surface area contributed by atoms with Crippen LogP contribution < -0.4 is 11.1 Å². The molecule has 4 heteroatoms. The number of aromatic nitrogens is 1. The van der Waals surface area contributed by atoms with Crippen LogP contribution >= 0.6 is 0 Å². The molecule has 108 valence electrons. The molecule has 0 aliphatic carbocycles. The van der Waals surface area contributed by atoms with E-state index in [9.17, 15) is 0 Å². The lowest BCUT2D eigenvalue weighted by molar-refractivity contribution is 0.500. The zero-order valence-electron chi connectivity index (χ0n) is 12.5. The molecule has 0 bridgehead atoms. The van der Waals surface area contributed by atoms with E-state index in [1.54, 1.807) is 6.20 Å². The molecule has 0 saturated carbocycles. The Balaban J connectivity index is 1.96. The monoisotopic (exact) mass is 281 g/mol. The molecule has 4 nitrogen and oxygen atoms in total. The maximum absolute atomic E-state index is 5.82. The van der Waals surface area contributed by atoms with Gasteiger partial charge in [0.2, 0.25) is 0 Å². The smallest absolute Gasteiger partial charge is 0.106 e. The Kier molecular flexibility index (Phi) is 3.29. The number of hydrogen-bond donors (Lipinski definition) is 2. The summed E-state index contributed by atoms with van der Waals surface area (Å²) in [5.41, 5.74) is 9.66. The van der Waals surface area contributed by atoms with E-state index >= 15 is 0 Å². The largest absolute Gasteiger partial charge is 0.466 e. The molecular formula is C17H19N3O. The average Bonchev–Trinajstić information content (AvgIpc) is 2.77. The van der Waals surface area contributed by atoms with E-state index < -0.39 is 0 Å². The highest BCUT2D eigenvalue weighted by atomic mass is 16.3. The second kappa shape index (κ2) is 5.13. The van der Waals surface area contributed by atoms with Crippen molar-refractivity contribution >= 4 is 22.3 Å². The topological polar surface area (TPSA) is 64.1 Å². The van der Waals surface area contributed by atoms with E-state index in [1.807, 2.05) is 38.1 Å². The molecule has 0 aliphatic rings. The third kappa shape index (κ3) is 2.57. The van der Waals surface area contributed by atoms with Crippen LogP contribution in [0.4, 0.5) is 11.4 Å². The van der Waals surface area contributed by atoms with Crippen LogP contribution in [0.3, 0.4) is 0 Å². The lowest BCUT2D eigenvalue weighted by Gasteiger charge is -2.16. The first kappa shape index (κ1) is 13.5. The Hall–Kier alpha value is -2.49. The minimum Gasteiger partial charge on any atom is -0.466 e. The van der Waals surface area contributed by atoms with Crippen LogP contribution in [0.25, 0.3) is 10.9 Å². The second-order valence-corrected chi connectivity index (χ2v) is 5.37. The zero-order valence-corrected chi connectivity index (χ0v) is 12.5. The highest BCUT2D eigenvalue weighted by Crippen LogP contribution is 2.29. The van der Waals surface area contributed by atoms with E-state index in [1.165, 1.54) is 5.56 Å². The third-order valence-electron chi connectivity index (χ3n) is 3.68. The molecule has 0 spiro atoms. The van der Waals surface area contributed by atoms with Gasteiger partial charge in [0.1, 0.15) is 11.5 Å². The van der Waals surface area contributed by atoms with Crippen LogP contribution in [0.1, 0.15) is 30.0 Å². The number of fused-ring (bicyclic) bond motifs is 1. The molecule has 0 radical (unpaired) electrons. The van der Waals surface area contributed by atoms with Gasteiger partial charge in [-0.3, -0.25) is 4.98 Å². The number of pyridine rings is 1. The van der Waals surface area contributed by atoms with Crippen LogP contribution in [0.2, 0.25) is 0 Å². The van der Waals surface area contributed by atoms with E-state index in [2.05, 4.69) is 23.3 Å². The van der Waals surface area contributed by atoms with Crippen molar-refractivity contribution in [1.29, 1.82) is 0 Å². The Bertz CT molecular complexity index is 792. The highest BCUT2D eigenvalue weighted by Gasteiger charge is 2.13. The maximum Gasteiger partial charge on any atom is 0.106 e. The Morgan fingerprint density at radius 3 is 2.71 bits per heavy atom. The van der Waals surface area contributed by atoms with Crippen molar-refractivity contribution in [3.05, 3.63) is 53.6 Å². The van der Waals surface area contributed by atoms with Crippen molar-refractivity contribution < 1.29 is 4.42 Å². The number of aryl methyl sites for hydroxylation is 2. The summed E-state index contributed by atoms with van der Waals surface area (Å²) in [7, 11) is 0. The average molecular weight is 281 g/mol. The van der Waals surface area contributed by atoms with Crippen molar-refractivity contribution in [3.8, 4) is 0 Å². The fourth-order valence-electron chi connectivity index (χ4n) is 2.68. The first-order valence-electron chi connectivity index (χ1n) is 7.02. The van der Waals surface area contributed by atoms with Crippen LogP contribution in [-0.4, -0.2) is 4.98 Å². The minimum atomic E-state index is 0.158. The Labute approximate surface area is 124 Å². The summed E-state index contributed by atoms with van der Waals surface area (Å²) in [6.07, 6.45) is 1.80. The van der Waals surface area contributed by atoms with Crippen LogP contribution in [-0.2, 0) is 0 Å². The Morgan fingerprint density at radius 2 is 2.00 bits per heavy atom. The first-order chi connectivity index (χ1) is 10.0. The number of nitrogens with two attached hydrogens (primary N) is 1. The third-order valence-corrected chi connectivity index (χ3v) is 3.68. The van der Waals surface area contributed by atoms with E-state index in [4.69, 9.17) is 10.2 Å². The molecule has 0 fully saturated rings. The quantitative estimate of drug-likeness (QED) is 0.706. The predicted molar refractivity (Wildman–Crippen MR) is 86.4 cm³/mol. The summed E-state index contributed by atoms with van der Waals surface area (Å²) >= 11 is 0. The van der Waals surface area contributed by atoms with Gasteiger partial charge in [0, 0.05) is 28.5 Å². The number of hydrogen-bond acceptors (Lipinski definition) is 4. The van der Waals surface area contributed by atoms with Crippen molar-refractivity contribution in [2.24, 2.45) is 0 Å². The fraction of sp³-hybridized carbons (Fsp3) is 0.235. The predicted octanol–water partition coefficient (Wildman–Crippen LogP) is 4.20. The van der Waals surface area contributed by atoms with Gasteiger partial charge >= 0.3 is 0 Å². The molecule has 3 N–H and O–H groups in total. The van der Waals surface area contributed by atoms with E-state index in [0.717, 1.165) is 33.8 Å². The summed E-state index contributed by atoms with van der Waals surface area (Å²) in [6.45, 7) is 6.08. The Morgan fingerprint density at radius 1 is 1.19 bits per heavy atom. The lowest BCUT2D eigenvalue weighted by atomic mass is 10.1. The van der Waals surface area contributed by atoms with Gasteiger partial charge in [-0.1, -0.05) is 0 Å². The molecule has 0 amide bonds. The SMILES string of the molecule is Cc1cc(C(C)Nc2ccnc3cc(N)ccc23)c(C)o1. The first-order valence-corrected chi connectivity index (χ1v) is 7.02.